The molecule has 2 rings (SSSR count). The Morgan fingerprint density at radius 1 is 1.44 bits per heavy atom. The van der Waals surface area contributed by atoms with Gasteiger partial charge >= 0.3 is 0 Å². The van der Waals surface area contributed by atoms with Gasteiger partial charge in [0.2, 0.25) is 0 Å². The molecule has 2 nitrogen and oxygen atoms in total. The van der Waals surface area contributed by atoms with Gasteiger partial charge in [-0.25, -0.2) is 8.78 Å². The smallest absolute Gasteiger partial charge is 0.130 e. The lowest BCUT2D eigenvalue weighted by atomic mass is 10.1. The lowest BCUT2D eigenvalue weighted by molar-refractivity contribution is 0.129. The third-order valence-electron chi connectivity index (χ3n) is 2.99. The summed E-state index contributed by atoms with van der Waals surface area (Å²) in [5.41, 5.74) is 6.28. The summed E-state index contributed by atoms with van der Waals surface area (Å²) < 4.78 is 31.7. The van der Waals surface area contributed by atoms with Gasteiger partial charge < -0.3 is 10.5 Å². The van der Waals surface area contributed by atoms with Crippen LogP contribution in [0.15, 0.2) is 18.2 Å². The first-order chi connectivity index (χ1) is 8.66. The van der Waals surface area contributed by atoms with Crippen molar-refractivity contribution in [3.63, 3.8) is 0 Å². The highest BCUT2D eigenvalue weighted by Gasteiger charge is 2.17. The van der Waals surface area contributed by atoms with Crippen LogP contribution in [0.5, 0.6) is 0 Å². The maximum absolute atomic E-state index is 13.5. The van der Waals surface area contributed by atoms with Crippen LogP contribution in [-0.2, 0) is 4.74 Å². The summed E-state index contributed by atoms with van der Waals surface area (Å²) in [6.45, 7) is 0.837. The molecule has 2 atom stereocenters. The Balaban J connectivity index is 1.81. The van der Waals surface area contributed by atoms with Crippen molar-refractivity contribution in [3.8, 4) is 0 Å². The van der Waals surface area contributed by atoms with Crippen LogP contribution in [0.2, 0.25) is 0 Å². The molecule has 1 saturated heterocycles. The number of rotatable bonds is 5. The zero-order chi connectivity index (χ0) is 13.0. The largest absolute Gasteiger partial charge is 0.377 e. The highest BCUT2D eigenvalue weighted by atomic mass is 32.2. The summed E-state index contributed by atoms with van der Waals surface area (Å²) in [6.07, 6.45) is 2.51. The predicted molar refractivity (Wildman–Crippen MR) is 69.6 cm³/mol. The Morgan fingerprint density at radius 2 is 2.28 bits per heavy atom. The minimum atomic E-state index is -0.574. The van der Waals surface area contributed by atoms with Crippen LogP contribution in [0.1, 0.15) is 24.4 Å². The van der Waals surface area contributed by atoms with E-state index in [9.17, 15) is 8.78 Å². The second-order valence-electron chi connectivity index (χ2n) is 4.44. The van der Waals surface area contributed by atoms with Crippen LogP contribution in [0.25, 0.3) is 0 Å². The molecular formula is C13H17F2NOS. The molecular weight excluding hydrogens is 256 g/mol. The highest BCUT2D eigenvalue weighted by Crippen LogP contribution is 2.23. The highest BCUT2D eigenvalue weighted by molar-refractivity contribution is 7.99. The van der Waals surface area contributed by atoms with E-state index in [2.05, 4.69) is 0 Å². The molecule has 1 aliphatic rings. The minimum Gasteiger partial charge on any atom is -0.377 e. The molecule has 0 spiro atoms. The second-order valence-corrected chi connectivity index (χ2v) is 5.52. The summed E-state index contributed by atoms with van der Waals surface area (Å²) in [5, 5.41) is 0. The predicted octanol–water partition coefficient (Wildman–Crippen LogP) is 2.88. The standard InChI is InChI=1S/C13H17F2NOS/c14-9-3-4-11(12(15)6-9)13(16)8-18-7-10-2-1-5-17-10/h3-4,6,10,13H,1-2,5,7-8,16H2. The second kappa shape index (κ2) is 6.50. The van der Waals surface area contributed by atoms with E-state index >= 15 is 0 Å². The number of ether oxygens (including phenoxy) is 1. The summed E-state index contributed by atoms with van der Waals surface area (Å²) in [4.78, 5) is 0. The number of hydrogen-bond donors (Lipinski definition) is 1. The van der Waals surface area contributed by atoms with Crippen molar-refractivity contribution in [2.24, 2.45) is 5.73 Å². The number of hydrogen-bond acceptors (Lipinski definition) is 3. The van der Waals surface area contributed by atoms with E-state index in [0.717, 1.165) is 31.3 Å². The van der Waals surface area contributed by atoms with E-state index in [1.54, 1.807) is 11.8 Å². The third kappa shape index (κ3) is 3.67. The Hall–Kier alpha value is -0.650. The molecule has 2 N–H and O–H groups in total. The zero-order valence-corrected chi connectivity index (χ0v) is 10.9. The molecule has 1 aromatic rings. The fraction of sp³-hybridized carbons (Fsp3) is 0.538. The van der Waals surface area contributed by atoms with Crippen molar-refractivity contribution < 1.29 is 13.5 Å². The molecule has 0 aromatic heterocycles. The van der Waals surface area contributed by atoms with Gasteiger partial charge in [0.1, 0.15) is 11.6 Å². The molecule has 1 heterocycles. The van der Waals surface area contributed by atoms with Crippen molar-refractivity contribution in [2.75, 3.05) is 18.1 Å². The van der Waals surface area contributed by atoms with Crippen LogP contribution in [0.4, 0.5) is 8.78 Å². The van der Waals surface area contributed by atoms with E-state index in [4.69, 9.17) is 10.5 Å². The fourth-order valence-electron chi connectivity index (χ4n) is 1.99. The molecule has 0 aliphatic carbocycles. The molecule has 18 heavy (non-hydrogen) atoms. The van der Waals surface area contributed by atoms with Gasteiger partial charge in [-0.15, -0.1) is 0 Å². The molecule has 1 fully saturated rings. The van der Waals surface area contributed by atoms with Gasteiger partial charge in [-0.3, -0.25) is 0 Å². The summed E-state index contributed by atoms with van der Waals surface area (Å²) >= 11 is 1.66. The molecule has 2 unspecified atom stereocenters. The third-order valence-corrected chi connectivity index (χ3v) is 4.19. The molecule has 1 aromatic carbocycles. The maximum Gasteiger partial charge on any atom is 0.130 e. The van der Waals surface area contributed by atoms with Gasteiger partial charge in [-0.05, 0) is 18.9 Å². The first kappa shape index (κ1) is 13.8. The van der Waals surface area contributed by atoms with Gasteiger partial charge in [0.25, 0.3) is 0 Å². The quantitative estimate of drug-likeness (QED) is 0.896. The zero-order valence-electron chi connectivity index (χ0n) is 10.1. The molecule has 1 aliphatic heterocycles. The van der Waals surface area contributed by atoms with Crippen LogP contribution >= 0.6 is 11.8 Å². The van der Waals surface area contributed by atoms with Gasteiger partial charge in [-0.1, -0.05) is 6.07 Å². The van der Waals surface area contributed by atoms with Crippen LogP contribution in [-0.4, -0.2) is 24.2 Å². The summed E-state index contributed by atoms with van der Waals surface area (Å²) in [7, 11) is 0. The van der Waals surface area contributed by atoms with Crippen molar-refractivity contribution in [1.29, 1.82) is 0 Å². The number of halogens is 2. The van der Waals surface area contributed by atoms with E-state index in [0.29, 0.717) is 17.4 Å². The lowest BCUT2D eigenvalue weighted by Crippen LogP contribution is -2.17. The minimum absolute atomic E-state index is 0.306. The van der Waals surface area contributed by atoms with Crippen LogP contribution < -0.4 is 5.73 Å². The Kier molecular flexibility index (Phi) is 4.97. The van der Waals surface area contributed by atoms with E-state index in [1.807, 2.05) is 0 Å². The van der Waals surface area contributed by atoms with Crippen molar-refractivity contribution >= 4 is 11.8 Å². The van der Waals surface area contributed by atoms with E-state index < -0.39 is 17.7 Å². The first-order valence-electron chi connectivity index (χ1n) is 6.06. The average Bonchev–Trinajstić information content (AvgIpc) is 2.81. The number of nitrogens with two attached hydrogens (primary N) is 1. The Labute approximate surface area is 110 Å². The monoisotopic (exact) mass is 273 g/mol. The van der Waals surface area contributed by atoms with E-state index in [-0.39, 0.29) is 0 Å². The van der Waals surface area contributed by atoms with Gasteiger partial charge in [0.05, 0.1) is 6.10 Å². The fourth-order valence-corrected chi connectivity index (χ4v) is 3.09. The normalized spacial score (nSPS) is 21.2. The number of thioether (sulfide) groups is 1. The molecule has 0 radical (unpaired) electrons. The topological polar surface area (TPSA) is 35.2 Å². The van der Waals surface area contributed by atoms with Crippen LogP contribution in [0, 0.1) is 11.6 Å². The lowest BCUT2D eigenvalue weighted by Gasteiger charge is -2.14. The number of benzene rings is 1. The van der Waals surface area contributed by atoms with Crippen molar-refractivity contribution in [1.82, 2.24) is 0 Å². The van der Waals surface area contributed by atoms with Gasteiger partial charge in [-0.2, -0.15) is 11.8 Å². The Bertz CT molecular complexity index is 397. The van der Waals surface area contributed by atoms with Gasteiger partial charge in [0.15, 0.2) is 0 Å². The Morgan fingerprint density at radius 3 is 2.94 bits per heavy atom. The van der Waals surface area contributed by atoms with Crippen molar-refractivity contribution in [3.05, 3.63) is 35.4 Å². The molecule has 0 bridgehead atoms. The first-order valence-corrected chi connectivity index (χ1v) is 7.22. The summed E-state index contributed by atoms with van der Waals surface area (Å²) in [6, 6.07) is 3.13. The molecule has 0 amide bonds. The average molecular weight is 273 g/mol. The SMILES string of the molecule is NC(CSCC1CCCO1)c1ccc(F)cc1F. The maximum atomic E-state index is 13.5. The van der Waals surface area contributed by atoms with Crippen molar-refractivity contribution in [2.45, 2.75) is 25.0 Å². The molecule has 100 valence electrons. The van der Waals surface area contributed by atoms with E-state index in [1.165, 1.54) is 12.1 Å². The van der Waals surface area contributed by atoms with Gasteiger partial charge in [0, 0.05) is 35.8 Å². The van der Waals surface area contributed by atoms with Crippen LogP contribution in [0.3, 0.4) is 0 Å². The molecule has 5 heteroatoms. The molecule has 0 saturated carbocycles. The summed E-state index contributed by atoms with van der Waals surface area (Å²) in [5.74, 6) is 0.356.